The van der Waals surface area contributed by atoms with E-state index in [1.54, 1.807) is 37.3 Å². The molecule has 4 atom stereocenters. The van der Waals surface area contributed by atoms with Crippen molar-refractivity contribution < 1.29 is 18.9 Å². The van der Waals surface area contributed by atoms with Gasteiger partial charge in [-0.3, -0.25) is 5.41 Å². The second kappa shape index (κ2) is 8.08. The number of benzene rings is 2. The highest BCUT2D eigenvalue weighted by Crippen LogP contribution is 2.70. The quantitative estimate of drug-likeness (QED) is 0.620. The smallest absolute Gasteiger partial charge is 0.245 e. The summed E-state index contributed by atoms with van der Waals surface area (Å²) in [5.41, 5.74) is -3.57. The van der Waals surface area contributed by atoms with Gasteiger partial charge in [0.1, 0.15) is 17.6 Å². The highest BCUT2D eigenvalue weighted by atomic mass is 35.5. The molecule has 2 aliphatic rings. The largest absolute Gasteiger partial charge is 0.497 e. The van der Waals surface area contributed by atoms with Gasteiger partial charge < -0.3 is 18.9 Å². The first-order valence-corrected chi connectivity index (χ1v) is 10.8. The van der Waals surface area contributed by atoms with Crippen molar-refractivity contribution in [1.82, 2.24) is 0 Å². The number of nitrogens with one attached hydrogen (secondary N) is 1. The van der Waals surface area contributed by atoms with E-state index >= 15 is 0 Å². The molecule has 34 heavy (non-hydrogen) atoms. The van der Waals surface area contributed by atoms with Crippen LogP contribution in [0, 0.1) is 56.2 Å². The first kappa shape index (κ1) is 23.7. The van der Waals surface area contributed by atoms with Crippen molar-refractivity contribution in [1.29, 1.82) is 21.2 Å². The number of rotatable bonds is 4. The van der Waals surface area contributed by atoms with Crippen molar-refractivity contribution in [2.45, 2.75) is 18.8 Å². The van der Waals surface area contributed by atoms with Gasteiger partial charge in [0.15, 0.2) is 5.41 Å². The molecule has 172 valence electrons. The second-order valence-electron chi connectivity index (χ2n) is 8.00. The number of hydrogen-bond donors (Lipinski definition) is 1. The van der Waals surface area contributed by atoms with Crippen LogP contribution in [0.5, 0.6) is 11.5 Å². The zero-order chi connectivity index (χ0) is 24.9. The Bertz CT molecular complexity index is 1310. The van der Waals surface area contributed by atoms with Crippen LogP contribution in [-0.4, -0.2) is 20.1 Å². The van der Waals surface area contributed by atoms with Gasteiger partial charge in [-0.05, 0) is 36.4 Å². The summed E-state index contributed by atoms with van der Waals surface area (Å²) in [7, 11) is 2.89. The number of nitriles is 3. The van der Waals surface area contributed by atoms with E-state index in [0.717, 1.165) is 0 Å². The summed E-state index contributed by atoms with van der Waals surface area (Å²) in [5, 5.41) is 40.4. The Kier molecular flexibility index (Phi) is 5.62. The van der Waals surface area contributed by atoms with Crippen molar-refractivity contribution in [2.24, 2.45) is 16.7 Å². The number of ether oxygens (including phenoxy) is 4. The van der Waals surface area contributed by atoms with Crippen molar-refractivity contribution in [2.75, 3.05) is 14.2 Å². The van der Waals surface area contributed by atoms with Crippen LogP contribution in [0.3, 0.4) is 0 Å². The van der Waals surface area contributed by atoms with Crippen LogP contribution < -0.4 is 9.47 Å². The van der Waals surface area contributed by atoms with E-state index in [9.17, 15) is 15.8 Å². The molecule has 2 heterocycles. The number of fused-ring (bicyclic) bond motifs is 2. The minimum absolute atomic E-state index is 0.179. The normalized spacial score (nSPS) is 28.7. The van der Waals surface area contributed by atoms with E-state index < -0.39 is 34.5 Å². The summed E-state index contributed by atoms with van der Waals surface area (Å²) in [5.74, 6) is -2.57. The van der Waals surface area contributed by atoms with Gasteiger partial charge in [0.2, 0.25) is 17.1 Å². The number of nitrogens with zero attached hydrogens (tertiary/aromatic N) is 3. The average Bonchev–Trinajstić information content (AvgIpc) is 2.99. The molecule has 2 aromatic carbocycles. The van der Waals surface area contributed by atoms with Crippen LogP contribution in [0.1, 0.15) is 24.2 Å². The molecule has 0 radical (unpaired) electrons. The molecule has 0 spiro atoms. The SMILES string of the molecule is COc1ccc(OC)c(C2OC3(c4ccc(Cl)cc4Cl)OC(=N)C(C#N)(C3C)C2(C#N)C#N)c1. The molecule has 0 aliphatic carbocycles. The van der Waals surface area contributed by atoms with Gasteiger partial charge in [0.05, 0.1) is 43.4 Å². The molecule has 2 aliphatic heterocycles. The molecule has 0 saturated carbocycles. The highest BCUT2D eigenvalue weighted by molar-refractivity contribution is 6.35. The monoisotopic (exact) mass is 496 g/mol. The van der Waals surface area contributed by atoms with E-state index in [0.29, 0.717) is 22.1 Å². The molecule has 4 unspecified atom stereocenters. The molecular formula is C24H18Cl2N4O4. The molecule has 4 rings (SSSR count). The summed E-state index contributed by atoms with van der Waals surface area (Å²) in [6.45, 7) is 1.60. The van der Waals surface area contributed by atoms with E-state index in [4.69, 9.17) is 47.6 Å². The Morgan fingerprint density at radius 3 is 2.26 bits per heavy atom. The zero-order valence-corrected chi connectivity index (χ0v) is 19.9. The van der Waals surface area contributed by atoms with Gasteiger partial charge in [-0.1, -0.05) is 30.1 Å². The Morgan fingerprint density at radius 2 is 1.71 bits per heavy atom. The molecule has 2 saturated heterocycles. The summed E-state index contributed by atoms with van der Waals surface area (Å²) < 4.78 is 23.3. The second-order valence-corrected chi connectivity index (χ2v) is 8.85. The topological polar surface area (TPSA) is 132 Å². The minimum Gasteiger partial charge on any atom is -0.497 e. The first-order chi connectivity index (χ1) is 16.2. The fourth-order valence-electron chi connectivity index (χ4n) is 4.94. The summed E-state index contributed by atoms with van der Waals surface area (Å²) >= 11 is 12.6. The first-order valence-electron chi connectivity index (χ1n) is 10.1. The zero-order valence-electron chi connectivity index (χ0n) is 18.3. The van der Waals surface area contributed by atoms with Gasteiger partial charge in [0, 0.05) is 16.1 Å². The maximum absolute atomic E-state index is 10.4. The highest BCUT2D eigenvalue weighted by Gasteiger charge is 2.80. The van der Waals surface area contributed by atoms with Crippen molar-refractivity contribution >= 4 is 29.1 Å². The van der Waals surface area contributed by atoms with Crippen LogP contribution in [0.25, 0.3) is 0 Å². The number of hydrogen-bond acceptors (Lipinski definition) is 8. The third kappa shape index (κ3) is 2.76. The number of halogens is 2. The minimum atomic E-state index is -2.17. The molecule has 1 N–H and O–H groups in total. The van der Waals surface area contributed by atoms with E-state index in [-0.39, 0.29) is 10.6 Å². The Balaban J connectivity index is 2.10. The van der Waals surface area contributed by atoms with Crippen molar-refractivity contribution in [3.8, 4) is 29.7 Å². The van der Waals surface area contributed by atoms with E-state index in [1.165, 1.54) is 20.3 Å². The molecular weight excluding hydrogens is 479 g/mol. The lowest BCUT2D eigenvalue weighted by atomic mass is 9.53. The molecule has 0 aromatic heterocycles. The van der Waals surface area contributed by atoms with Crippen molar-refractivity contribution in [3.63, 3.8) is 0 Å². The van der Waals surface area contributed by atoms with Gasteiger partial charge in [-0.25, -0.2) is 0 Å². The molecule has 0 amide bonds. The average molecular weight is 497 g/mol. The predicted octanol–water partition coefficient (Wildman–Crippen LogP) is 5.12. The molecule has 2 fully saturated rings. The number of methoxy groups -OCH3 is 2. The molecule has 2 bridgehead atoms. The maximum atomic E-state index is 10.4. The van der Waals surface area contributed by atoms with Gasteiger partial charge in [-0.2, -0.15) is 15.8 Å². The standard InChI is InChI=1S/C24H18Cl2N4O4/c1-13-23(12-29)21(30)34-24(13,17-6-4-14(25)8-18(17)26)33-20(22(23,10-27)11-28)16-9-15(31-2)5-7-19(16)32-3/h4-9,13,20,30H,1-3H3. The van der Waals surface area contributed by atoms with Crippen LogP contribution in [0.2, 0.25) is 10.0 Å². The van der Waals surface area contributed by atoms with Crippen LogP contribution >= 0.6 is 23.2 Å². The molecule has 10 heteroatoms. The summed E-state index contributed by atoms with van der Waals surface area (Å²) in [6.07, 6.45) is -1.38. The van der Waals surface area contributed by atoms with Crippen LogP contribution in [0.15, 0.2) is 36.4 Å². The van der Waals surface area contributed by atoms with Gasteiger partial charge >= 0.3 is 0 Å². The van der Waals surface area contributed by atoms with Gasteiger partial charge in [-0.15, -0.1) is 0 Å². The fraction of sp³-hybridized carbons (Fsp3) is 0.333. The van der Waals surface area contributed by atoms with Crippen LogP contribution in [0.4, 0.5) is 0 Å². The lowest BCUT2D eigenvalue weighted by molar-refractivity contribution is -0.288. The van der Waals surface area contributed by atoms with Gasteiger partial charge in [0.25, 0.3) is 0 Å². The Morgan fingerprint density at radius 1 is 1.00 bits per heavy atom. The third-order valence-corrected chi connectivity index (χ3v) is 7.24. The third-order valence-electron chi connectivity index (χ3n) is 6.69. The lowest BCUT2D eigenvalue weighted by Crippen LogP contribution is -2.57. The van der Waals surface area contributed by atoms with E-state index in [1.807, 2.05) is 12.1 Å². The Labute approximate surface area is 206 Å². The van der Waals surface area contributed by atoms with Crippen molar-refractivity contribution in [3.05, 3.63) is 57.6 Å². The maximum Gasteiger partial charge on any atom is 0.245 e. The molecule has 2 aromatic rings. The summed E-state index contributed by atoms with van der Waals surface area (Å²) in [4.78, 5) is 0. The molecule has 8 nitrogen and oxygen atoms in total. The summed E-state index contributed by atoms with van der Waals surface area (Å²) in [6, 6.07) is 15.5. The predicted molar refractivity (Wildman–Crippen MR) is 121 cm³/mol. The lowest BCUT2D eigenvalue weighted by Gasteiger charge is -2.49. The van der Waals surface area contributed by atoms with E-state index in [2.05, 4.69) is 6.07 Å². The van der Waals surface area contributed by atoms with Crippen LogP contribution in [-0.2, 0) is 15.3 Å². The Hall–Kier alpha value is -3.48. The fourth-order valence-corrected chi connectivity index (χ4v) is 5.48.